The number of carbonyl (C=O) groups is 1. The predicted molar refractivity (Wildman–Crippen MR) is 119 cm³/mol. The van der Waals surface area contributed by atoms with Gasteiger partial charge < -0.3 is 15.1 Å². The number of fused-ring (bicyclic) bond motifs is 1. The van der Waals surface area contributed by atoms with Crippen molar-refractivity contribution < 1.29 is 4.79 Å². The minimum atomic E-state index is -0.0301. The molecule has 0 saturated carbocycles. The first kappa shape index (κ1) is 18.9. The summed E-state index contributed by atoms with van der Waals surface area (Å²) in [7, 11) is 0. The van der Waals surface area contributed by atoms with Crippen LogP contribution in [0.5, 0.6) is 0 Å². The lowest BCUT2D eigenvalue weighted by Crippen LogP contribution is -2.49. The highest BCUT2D eigenvalue weighted by Gasteiger charge is 2.25. The maximum absolute atomic E-state index is 13.1. The molecule has 4 aromatic rings. The van der Waals surface area contributed by atoms with Crippen LogP contribution in [-0.2, 0) is 0 Å². The Hall–Kier alpha value is -4.07. The molecule has 1 fully saturated rings. The second-order valence-corrected chi connectivity index (χ2v) is 7.28. The summed E-state index contributed by atoms with van der Waals surface area (Å²) in [4.78, 5) is 25.7. The smallest absolute Gasteiger partial charge is 0.273 e. The molecule has 0 aliphatic carbocycles. The topological polar surface area (TPSA) is 87.1 Å². The van der Waals surface area contributed by atoms with Gasteiger partial charge in [0.25, 0.3) is 5.91 Å². The monoisotopic (exact) mass is 411 g/mol. The number of carbonyl (C=O) groups excluding carboxylic acids is 1. The fourth-order valence-corrected chi connectivity index (χ4v) is 3.71. The molecule has 8 nitrogen and oxygen atoms in total. The Labute approximate surface area is 179 Å². The van der Waals surface area contributed by atoms with Crippen LogP contribution in [0.15, 0.2) is 73.1 Å². The van der Waals surface area contributed by atoms with Crippen LogP contribution in [0.3, 0.4) is 0 Å². The first-order valence-corrected chi connectivity index (χ1v) is 10.2. The Morgan fingerprint density at radius 3 is 2.39 bits per heavy atom. The molecule has 154 valence electrons. The predicted octanol–water partition coefficient (Wildman–Crippen LogP) is 3.13. The zero-order valence-electron chi connectivity index (χ0n) is 16.8. The van der Waals surface area contributed by atoms with E-state index in [1.54, 1.807) is 12.4 Å². The maximum atomic E-state index is 13.1. The molecule has 0 atom stereocenters. The van der Waals surface area contributed by atoms with Gasteiger partial charge in [-0.05, 0) is 35.7 Å². The fraction of sp³-hybridized carbons (Fsp3) is 0.174. The van der Waals surface area contributed by atoms with E-state index in [4.69, 9.17) is 0 Å². The molecule has 3 aromatic heterocycles. The molecule has 1 aliphatic heterocycles. The van der Waals surface area contributed by atoms with Crippen LogP contribution in [-0.4, -0.2) is 57.2 Å². The lowest BCUT2D eigenvalue weighted by molar-refractivity contribution is 0.0743. The number of rotatable bonds is 4. The lowest BCUT2D eigenvalue weighted by Gasteiger charge is -2.35. The molecule has 1 N–H and O–H groups in total. The van der Waals surface area contributed by atoms with Crippen molar-refractivity contribution in [1.29, 1.82) is 0 Å². The molecule has 1 saturated heterocycles. The molecule has 8 heteroatoms. The first-order chi connectivity index (χ1) is 15.3. The van der Waals surface area contributed by atoms with Gasteiger partial charge in [-0.2, -0.15) is 0 Å². The van der Waals surface area contributed by atoms with Gasteiger partial charge in [-0.3, -0.25) is 9.78 Å². The Kier molecular flexibility index (Phi) is 5.10. The van der Waals surface area contributed by atoms with Gasteiger partial charge in [0.05, 0.1) is 0 Å². The summed E-state index contributed by atoms with van der Waals surface area (Å²) >= 11 is 0. The quantitative estimate of drug-likeness (QED) is 0.552. The van der Waals surface area contributed by atoms with Crippen LogP contribution in [0.1, 0.15) is 10.5 Å². The summed E-state index contributed by atoms with van der Waals surface area (Å²) in [6.07, 6.45) is 3.42. The van der Waals surface area contributed by atoms with Gasteiger partial charge in [0.1, 0.15) is 11.5 Å². The van der Waals surface area contributed by atoms with E-state index < -0.39 is 0 Å². The lowest BCUT2D eigenvalue weighted by atomic mass is 10.1. The molecule has 1 aromatic carbocycles. The number of pyridine rings is 2. The van der Waals surface area contributed by atoms with Crippen LogP contribution in [0.25, 0.3) is 10.8 Å². The van der Waals surface area contributed by atoms with Gasteiger partial charge in [0.15, 0.2) is 11.6 Å². The number of piperazine rings is 1. The van der Waals surface area contributed by atoms with Crippen molar-refractivity contribution in [2.45, 2.75) is 0 Å². The third-order valence-corrected chi connectivity index (χ3v) is 5.34. The summed E-state index contributed by atoms with van der Waals surface area (Å²) < 4.78 is 0. The number of nitrogens with one attached hydrogen (secondary N) is 1. The van der Waals surface area contributed by atoms with Gasteiger partial charge in [0, 0.05) is 44.0 Å². The Morgan fingerprint density at radius 1 is 0.774 bits per heavy atom. The van der Waals surface area contributed by atoms with Crippen molar-refractivity contribution in [3.05, 3.63) is 78.8 Å². The Balaban J connectivity index is 1.23. The van der Waals surface area contributed by atoms with Crippen molar-refractivity contribution in [3.8, 4) is 0 Å². The second-order valence-electron chi connectivity index (χ2n) is 7.28. The SMILES string of the molecule is O=C(c1nccc2ccccc12)N1CCN(c2ccc(Nc3ccccn3)nn2)CC1. The van der Waals surface area contributed by atoms with Crippen LogP contribution in [0.4, 0.5) is 17.5 Å². The summed E-state index contributed by atoms with van der Waals surface area (Å²) in [6, 6.07) is 19.2. The number of aromatic nitrogens is 4. The van der Waals surface area contributed by atoms with Crippen LogP contribution in [0, 0.1) is 0 Å². The highest BCUT2D eigenvalue weighted by atomic mass is 16.2. The molecule has 0 spiro atoms. The van der Waals surface area contributed by atoms with E-state index in [1.165, 1.54) is 0 Å². The van der Waals surface area contributed by atoms with Gasteiger partial charge in [0.2, 0.25) is 0 Å². The summed E-state index contributed by atoms with van der Waals surface area (Å²) in [6.45, 7) is 2.61. The van der Waals surface area contributed by atoms with E-state index in [0.717, 1.165) is 22.4 Å². The number of hydrogen-bond donors (Lipinski definition) is 1. The zero-order chi connectivity index (χ0) is 21.0. The molecule has 31 heavy (non-hydrogen) atoms. The van der Waals surface area contributed by atoms with Crippen LogP contribution in [0.2, 0.25) is 0 Å². The van der Waals surface area contributed by atoms with E-state index in [-0.39, 0.29) is 5.91 Å². The summed E-state index contributed by atoms with van der Waals surface area (Å²) in [5.41, 5.74) is 0.510. The van der Waals surface area contributed by atoms with Crippen molar-refractivity contribution in [2.24, 2.45) is 0 Å². The first-order valence-electron chi connectivity index (χ1n) is 10.2. The van der Waals surface area contributed by atoms with Crippen molar-refractivity contribution in [2.75, 3.05) is 36.4 Å². The molecular weight excluding hydrogens is 390 g/mol. The third kappa shape index (κ3) is 4.00. The number of amides is 1. The van der Waals surface area contributed by atoms with Crippen molar-refractivity contribution in [1.82, 2.24) is 25.1 Å². The molecular formula is C23H21N7O. The van der Waals surface area contributed by atoms with Gasteiger partial charge in [-0.15, -0.1) is 10.2 Å². The van der Waals surface area contributed by atoms with Crippen molar-refractivity contribution >= 4 is 34.1 Å². The highest BCUT2D eigenvalue weighted by Crippen LogP contribution is 2.20. The van der Waals surface area contributed by atoms with E-state index in [0.29, 0.717) is 37.7 Å². The van der Waals surface area contributed by atoms with Gasteiger partial charge >= 0.3 is 0 Å². The van der Waals surface area contributed by atoms with E-state index in [9.17, 15) is 4.79 Å². The van der Waals surface area contributed by atoms with Crippen LogP contribution < -0.4 is 10.2 Å². The number of hydrogen-bond acceptors (Lipinski definition) is 7. The number of anilines is 3. The molecule has 0 radical (unpaired) electrons. The average molecular weight is 411 g/mol. The van der Waals surface area contributed by atoms with Gasteiger partial charge in [-0.25, -0.2) is 4.98 Å². The molecule has 1 amide bonds. The maximum Gasteiger partial charge on any atom is 0.273 e. The van der Waals surface area contributed by atoms with Crippen molar-refractivity contribution in [3.63, 3.8) is 0 Å². The molecule has 0 unspecified atom stereocenters. The average Bonchev–Trinajstić information content (AvgIpc) is 2.84. The van der Waals surface area contributed by atoms with Crippen LogP contribution >= 0.6 is 0 Å². The van der Waals surface area contributed by atoms with E-state index in [1.807, 2.05) is 65.6 Å². The normalized spacial score (nSPS) is 13.9. The Morgan fingerprint density at radius 2 is 1.61 bits per heavy atom. The third-order valence-electron chi connectivity index (χ3n) is 5.34. The Bertz CT molecular complexity index is 1180. The molecule has 4 heterocycles. The molecule has 5 rings (SSSR count). The largest absolute Gasteiger partial charge is 0.352 e. The summed E-state index contributed by atoms with van der Waals surface area (Å²) in [5.74, 6) is 2.12. The number of benzene rings is 1. The summed E-state index contributed by atoms with van der Waals surface area (Å²) in [5, 5.41) is 13.6. The molecule has 0 bridgehead atoms. The van der Waals surface area contributed by atoms with E-state index in [2.05, 4.69) is 30.4 Å². The second kappa shape index (κ2) is 8.35. The highest BCUT2D eigenvalue weighted by molar-refractivity contribution is 6.05. The molecule has 1 aliphatic rings. The number of nitrogens with zero attached hydrogens (tertiary/aromatic N) is 6. The van der Waals surface area contributed by atoms with E-state index >= 15 is 0 Å². The fourth-order valence-electron chi connectivity index (χ4n) is 3.71. The zero-order valence-corrected chi connectivity index (χ0v) is 16.8. The minimum absolute atomic E-state index is 0.0301. The standard InChI is InChI=1S/C23H21N7O/c31-23(22-18-6-2-1-5-17(18)10-12-25-22)30-15-13-29(14-16-30)21-9-8-20(27-28-21)26-19-7-3-4-11-24-19/h1-12H,13-16H2,(H,24,26,27). The minimum Gasteiger partial charge on any atom is -0.352 e. The van der Waals surface area contributed by atoms with Gasteiger partial charge in [-0.1, -0.05) is 30.3 Å².